The normalized spacial score (nSPS) is 11.1. The number of nitrogens with one attached hydrogen (secondary N) is 1. The fraction of sp³-hybridized carbons (Fsp3) is 0.107. The van der Waals surface area contributed by atoms with Gasteiger partial charge in [0.2, 0.25) is 0 Å². The number of benzene rings is 4. The van der Waals surface area contributed by atoms with Gasteiger partial charge < -0.3 is 5.32 Å². The van der Waals surface area contributed by atoms with E-state index in [1.165, 1.54) is 4.31 Å². The smallest absolute Gasteiger partial charge is 0.264 e. The third-order valence-electron chi connectivity index (χ3n) is 5.62. The minimum atomic E-state index is -3.93. The molecule has 0 atom stereocenters. The van der Waals surface area contributed by atoms with E-state index in [1.54, 1.807) is 54.6 Å². The highest BCUT2D eigenvalue weighted by Crippen LogP contribution is 2.29. The second-order valence-corrected chi connectivity index (χ2v) is 9.80. The van der Waals surface area contributed by atoms with Gasteiger partial charge in [-0.2, -0.15) is 0 Å². The molecule has 5 nitrogen and oxygen atoms in total. The molecule has 0 saturated heterocycles. The number of carbonyl (C=O) groups excluding carboxylic acids is 1. The number of sulfonamides is 1. The first-order valence-corrected chi connectivity index (χ1v) is 12.4. The Balaban J connectivity index is 1.72. The van der Waals surface area contributed by atoms with E-state index in [1.807, 2.05) is 61.5 Å². The van der Waals surface area contributed by atoms with Crippen LogP contribution in [0.1, 0.15) is 27.0 Å². The number of rotatable bonds is 8. The third-order valence-corrected chi connectivity index (χ3v) is 7.39. The molecule has 0 saturated carbocycles. The minimum absolute atomic E-state index is 0.0974. The first-order chi connectivity index (χ1) is 16.5. The molecule has 0 aliphatic rings. The number of aryl methyl sites for hydroxylation is 1. The van der Waals surface area contributed by atoms with Gasteiger partial charge in [0.1, 0.15) is 0 Å². The predicted molar refractivity (Wildman–Crippen MR) is 135 cm³/mol. The molecule has 0 spiro atoms. The van der Waals surface area contributed by atoms with E-state index in [4.69, 9.17) is 0 Å². The largest absolute Gasteiger partial charge is 0.348 e. The summed E-state index contributed by atoms with van der Waals surface area (Å²) in [4.78, 5) is 13.4. The number of hydrogen-bond acceptors (Lipinski definition) is 3. The summed E-state index contributed by atoms with van der Waals surface area (Å²) in [6.07, 6.45) is 0. The second kappa shape index (κ2) is 10.4. The molecule has 0 aliphatic heterocycles. The SMILES string of the molecule is Cc1ccccc1CNC(=O)c1ccccc1N(Cc1ccccc1)S(=O)(=O)c1ccccc1. The lowest BCUT2D eigenvalue weighted by molar-refractivity contribution is 0.0951. The van der Waals surface area contributed by atoms with E-state index in [2.05, 4.69) is 5.32 Å². The van der Waals surface area contributed by atoms with Crippen molar-refractivity contribution in [3.63, 3.8) is 0 Å². The van der Waals surface area contributed by atoms with E-state index in [0.717, 1.165) is 16.7 Å². The highest BCUT2D eigenvalue weighted by Gasteiger charge is 2.28. The Labute approximate surface area is 200 Å². The highest BCUT2D eigenvalue weighted by atomic mass is 32.2. The highest BCUT2D eigenvalue weighted by molar-refractivity contribution is 7.92. The summed E-state index contributed by atoms with van der Waals surface area (Å²) in [5.41, 5.74) is 3.53. The summed E-state index contributed by atoms with van der Waals surface area (Å²) in [5, 5.41) is 2.95. The van der Waals surface area contributed by atoms with Crippen LogP contribution in [0, 0.1) is 6.92 Å². The summed E-state index contributed by atoms with van der Waals surface area (Å²) in [7, 11) is -3.93. The van der Waals surface area contributed by atoms with Crippen molar-refractivity contribution in [3.8, 4) is 0 Å². The first-order valence-electron chi connectivity index (χ1n) is 11.0. The molecule has 0 bridgehead atoms. The van der Waals surface area contributed by atoms with Gasteiger partial charge in [0.25, 0.3) is 15.9 Å². The van der Waals surface area contributed by atoms with E-state index in [-0.39, 0.29) is 17.3 Å². The molecule has 1 N–H and O–H groups in total. The zero-order valence-electron chi connectivity index (χ0n) is 18.9. The molecule has 6 heteroatoms. The van der Waals surface area contributed by atoms with Gasteiger partial charge in [0, 0.05) is 6.54 Å². The van der Waals surface area contributed by atoms with Crippen molar-refractivity contribution in [1.82, 2.24) is 5.32 Å². The van der Waals surface area contributed by atoms with Crippen molar-refractivity contribution >= 4 is 21.6 Å². The van der Waals surface area contributed by atoms with E-state index in [9.17, 15) is 13.2 Å². The fourth-order valence-electron chi connectivity index (χ4n) is 3.73. The molecule has 0 fully saturated rings. The molecule has 4 aromatic carbocycles. The number of amides is 1. The fourth-order valence-corrected chi connectivity index (χ4v) is 5.22. The van der Waals surface area contributed by atoms with E-state index in [0.29, 0.717) is 17.8 Å². The molecular weight excluding hydrogens is 444 g/mol. The number of anilines is 1. The van der Waals surface area contributed by atoms with Crippen molar-refractivity contribution < 1.29 is 13.2 Å². The minimum Gasteiger partial charge on any atom is -0.348 e. The number of para-hydroxylation sites is 1. The lowest BCUT2D eigenvalue weighted by atomic mass is 10.1. The molecule has 4 rings (SSSR count). The van der Waals surface area contributed by atoms with Crippen molar-refractivity contribution in [2.75, 3.05) is 4.31 Å². The number of hydrogen-bond donors (Lipinski definition) is 1. The summed E-state index contributed by atoms with van der Waals surface area (Å²) < 4.78 is 28.8. The zero-order chi connectivity index (χ0) is 24.0. The topological polar surface area (TPSA) is 66.5 Å². The van der Waals surface area contributed by atoms with Crippen LogP contribution in [0.2, 0.25) is 0 Å². The van der Waals surface area contributed by atoms with Crippen LogP contribution in [0.5, 0.6) is 0 Å². The van der Waals surface area contributed by atoms with Crippen LogP contribution in [0.4, 0.5) is 5.69 Å². The van der Waals surface area contributed by atoms with Crippen LogP contribution < -0.4 is 9.62 Å². The van der Waals surface area contributed by atoms with Gasteiger partial charge >= 0.3 is 0 Å². The number of nitrogens with zero attached hydrogens (tertiary/aromatic N) is 1. The van der Waals surface area contributed by atoms with Gasteiger partial charge in [-0.15, -0.1) is 0 Å². The quantitative estimate of drug-likeness (QED) is 0.379. The monoisotopic (exact) mass is 470 g/mol. The van der Waals surface area contributed by atoms with Gasteiger partial charge in [-0.1, -0.05) is 84.9 Å². The van der Waals surface area contributed by atoms with Crippen molar-refractivity contribution in [2.45, 2.75) is 24.9 Å². The summed E-state index contributed by atoms with van der Waals surface area (Å²) in [6.45, 7) is 2.44. The molecule has 0 radical (unpaired) electrons. The standard InChI is InChI=1S/C28H26N2O3S/c1-22-12-8-9-15-24(22)20-29-28(31)26-18-10-11-19-27(26)30(21-23-13-4-2-5-14-23)34(32,33)25-16-6-3-7-17-25/h2-19H,20-21H2,1H3,(H,29,31). The maximum atomic E-state index is 13.7. The zero-order valence-corrected chi connectivity index (χ0v) is 19.7. The molecular formula is C28H26N2O3S. The summed E-state index contributed by atoms with van der Waals surface area (Å²) >= 11 is 0. The van der Waals surface area contributed by atoms with Crippen molar-refractivity contribution in [1.29, 1.82) is 0 Å². The average molecular weight is 471 g/mol. The van der Waals surface area contributed by atoms with Crippen molar-refractivity contribution in [2.24, 2.45) is 0 Å². The second-order valence-electron chi connectivity index (χ2n) is 7.94. The predicted octanol–water partition coefficient (Wildman–Crippen LogP) is 5.32. The van der Waals surface area contributed by atoms with Crippen LogP contribution in [0.15, 0.2) is 114 Å². The van der Waals surface area contributed by atoms with Gasteiger partial charge in [0.15, 0.2) is 0 Å². The van der Waals surface area contributed by atoms with Crippen molar-refractivity contribution in [3.05, 3.63) is 131 Å². The summed E-state index contributed by atoms with van der Waals surface area (Å²) in [5.74, 6) is -0.333. The Hall–Kier alpha value is -3.90. The van der Waals surface area contributed by atoms with Crippen LogP contribution in [0.25, 0.3) is 0 Å². The van der Waals surface area contributed by atoms with Gasteiger partial charge in [0.05, 0.1) is 22.7 Å². The lowest BCUT2D eigenvalue weighted by Gasteiger charge is -2.26. The Kier molecular flexibility index (Phi) is 7.09. The molecule has 172 valence electrons. The van der Waals surface area contributed by atoms with Gasteiger partial charge in [-0.05, 0) is 47.9 Å². The van der Waals surface area contributed by atoms with E-state index >= 15 is 0 Å². The molecule has 0 aromatic heterocycles. The number of carbonyl (C=O) groups is 1. The molecule has 4 aromatic rings. The van der Waals surface area contributed by atoms with Gasteiger partial charge in [-0.25, -0.2) is 8.42 Å². The maximum absolute atomic E-state index is 13.7. The molecule has 1 amide bonds. The summed E-state index contributed by atoms with van der Waals surface area (Å²) in [6, 6.07) is 32.3. The molecule has 34 heavy (non-hydrogen) atoms. The Morgan fingerprint density at radius 1 is 0.765 bits per heavy atom. The van der Waals surface area contributed by atoms with Crippen LogP contribution >= 0.6 is 0 Å². The third kappa shape index (κ3) is 5.18. The van der Waals surface area contributed by atoms with Crippen LogP contribution in [-0.4, -0.2) is 14.3 Å². The van der Waals surface area contributed by atoms with Crippen LogP contribution in [0.3, 0.4) is 0 Å². The molecule has 0 heterocycles. The van der Waals surface area contributed by atoms with E-state index < -0.39 is 10.0 Å². The maximum Gasteiger partial charge on any atom is 0.264 e. The lowest BCUT2D eigenvalue weighted by Crippen LogP contribution is -2.33. The molecule has 0 aliphatic carbocycles. The first kappa shape index (κ1) is 23.3. The molecule has 0 unspecified atom stereocenters. The Bertz CT molecular complexity index is 1370. The van der Waals surface area contributed by atoms with Gasteiger partial charge in [-0.3, -0.25) is 9.10 Å². The van der Waals surface area contributed by atoms with Crippen LogP contribution in [-0.2, 0) is 23.1 Å². The Morgan fingerprint density at radius 3 is 2.06 bits per heavy atom. The average Bonchev–Trinajstić information content (AvgIpc) is 2.88. The Morgan fingerprint density at radius 2 is 1.35 bits per heavy atom.